The van der Waals surface area contributed by atoms with E-state index in [2.05, 4.69) is 17.2 Å². The summed E-state index contributed by atoms with van der Waals surface area (Å²) in [4.78, 5) is 39.7. The minimum absolute atomic E-state index is 0.00616. The fraction of sp³-hybridized carbons (Fsp3) is 0.536. The molecular weight excluding hydrogens is 497 g/mol. The van der Waals surface area contributed by atoms with Gasteiger partial charge in [0.1, 0.15) is 11.9 Å². The van der Waals surface area contributed by atoms with Crippen molar-refractivity contribution in [3.63, 3.8) is 0 Å². The molecule has 38 heavy (non-hydrogen) atoms. The predicted octanol–water partition coefficient (Wildman–Crippen LogP) is 4.08. The van der Waals surface area contributed by atoms with Crippen LogP contribution in [0.2, 0.25) is 0 Å². The Balaban J connectivity index is 1.46. The normalized spacial score (nSPS) is 19.9. The van der Waals surface area contributed by atoms with E-state index in [9.17, 15) is 23.2 Å². The summed E-state index contributed by atoms with van der Waals surface area (Å²) in [5.41, 5.74) is 6.72. The van der Waals surface area contributed by atoms with E-state index in [4.69, 9.17) is 5.73 Å². The molecule has 4 N–H and O–H groups in total. The molecule has 1 aliphatic heterocycles. The van der Waals surface area contributed by atoms with Gasteiger partial charge >= 0.3 is 0 Å². The molecule has 7 nitrogen and oxygen atoms in total. The first-order valence-corrected chi connectivity index (χ1v) is 13.2. The highest BCUT2D eigenvalue weighted by Crippen LogP contribution is 2.50. The third-order valence-electron chi connectivity index (χ3n) is 8.02. The highest BCUT2D eigenvalue weighted by molar-refractivity contribution is 5.95. The number of amides is 3. The summed E-state index contributed by atoms with van der Waals surface area (Å²) in [6.07, 6.45) is 3.72. The first-order chi connectivity index (χ1) is 18.1. The maximum absolute atomic E-state index is 15.1. The lowest BCUT2D eigenvalue weighted by Gasteiger charge is -2.34. The van der Waals surface area contributed by atoms with E-state index < -0.39 is 47.6 Å². The van der Waals surface area contributed by atoms with Gasteiger partial charge in [-0.1, -0.05) is 19.6 Å². The third-order valence-corrected chi connectivity index (χ3v) is 8.02. The highest BCUT2D eigenvalue weighted by atomic mass is 19.3. The van der Waals surface area contributed by atoms with Crippen molar-refractivity contribution in [2.75, 3.05) is 18.4 Å². The minimum Gasteiger partial charge on any atom is -0.340 e. The van der Waals surface area contributed by atoms with Gasteiger partial charge in [0.2, 0.25) is 17.7 Å². The lowest BCUT2D eigenvalue weighted by molar-refractivity contribution is -0.136. The van der Waals surface area contributed by atoms with Crippen LogP contribution in [0.3, 0.4) is 0 Å². The van der Waals surface area contributed by atoms with Gasteiger partial charge in [0.15, 0.2) is 0 Å². The van der Waals surface area contributed by atoms with Crippen LogP contribution in [0.5, 0.6) is 0 Å². The second kappa shape index (κ2) is 11.7. The molecule has 1 aromatic carbocycles. The smallest absolute Gasteiger partial charge is 0.269 e. The van der Waals surface area contributed by atoms with Crippen molar-refractivity contribution < 1.29 is 27.6 Å². The molecule has 0 bridgehead atoms. The molecule has 3 fully saturated rings. The van der Waals surface area contributed by atoms with Crippen molar-refractivity contribution in [1.29, 1.82) is 0 Å². The van der Waals surface area contributed by atoms with Crippen LogP contribution in [0.25, 0.3) is 0 Å². The lowest BCUT2D eigenvalue weighted by Crippen LogP contribution is -2.52. The molecule has 1 heterocycles. The minimum atomic E-state index is -1.72. The molecule has 206 valence electrons. The summed E-state index contributed by atoms with van der Waals surface area (Å²) in [5.74, 6) is -1.72. The topological polar surface area (TPSA) is 105 Å². The maximum atomic E-state index is 15.1. The molecule has 3 aliphatic rings. The summed E-state index contributed by atoms with van der Waals surface area (Å²) in [7, 11) is 0. The number of anilines is 1. The number of nitrogens with one attached hydrogen (secondary N) is 2. The van der Waals surface area contributed by atoms with E-state index in [0.717, 1.165) is 31.8 Å². The first-order valence-electron chi connectivity index (χ1n) is 13.2. The lowest BCUT2D eigenvalue weighted by atomic mass is 9.89. The van der Waals surface area contributed by atoms with E-state index in [1.54, 1.807) is 13.0 Å². The molecule has 3 amide bonds. The summed E-state index contributed by atoms with van der Waals surface area (Å²) in [6.45, 7) is 5.28. The predicted molar refractivity (Wildman–Crippen MR) is 138 cm³/mol. The van der Waals surface area contributed by atoms with Crippen LogP contribution >= 0.6 is 0 Å². The van der Waals surface area contributed by atoms with Crippen LogP contribution in [-0.2, 0) is 14.4 Å². The highest BCUT2D eigenvalue weighted by Gasteiger charge is 2.46. The number of nitrogens with two attached hydrogens (primary N) is 1. The van der Waals surface area contributed by atoms with Crippen LogP contribution in [0.1, 0.15) is 56.9 Å². The Bertz CT molecular complexity index is 1110. The number of rotatable bonds is 10. The number of hydrogen-bond acceptors (Lipinski definition) is 4. The molecule has 0 spiro atoms. The molecule has 4 rings (SSSR count). The first kappa shape index (κ1) is 27.9. The van der Waals surface area contributed by atoms with Gasteiger partial charge in [0.05, 0.1) is 11.7 Å². The molecule has 2 saturated carbocycles. The maximum Gasteiger partial charge on any atom is 0.269 e. The quantitative estimate of drug-likeness (QED) is 0.395. The van der Waals surface area contributed by atoms with Crippen LogP contribution < -0.4 is 16.4 Å². The number of carbonyl (C=O) groups is 3. The zero-order chi connectivity index (χ0) is 27.6. The SMILES string of the molecule is C=CC(=O)N[C@@H](C(=O)N1CCC(=C(F)F)CC1)[C@@H](C)c1ccc(NC(=O)[C@@H](N)C(C2CC2)C2CC2)c(F)c1. The Morgan fingerprint density at radius 3 is 2.21 bits per heavy atom. The molecule has 0 unspecified atom stereocenters. The molecule has 3 atom stereocenters. The van der Waals surface area contributed by atoms with Gasteiger partial charge in [-0.15, -0.1) is 0 Å². The van der Waals surface area contributed by atoms with Crippen molar-refractivity contribution >= 4 is 23.4 Å². The van der Waals surface area contributed by atoms with Crippen LogP contribution in [0, 0.1) is 23.6 Å². The largest absolute Gasteiger partial charge is 0.340 e. The van der Waals surface area contributed by atoms with E-state index >= 15 is 4.39 Å². The average molecular weight is 533 g/mol. The number of hydrogen-bond donors (Lipinski definition) is 3. The summed E-state index contributed by atoms with van der Waals surface area (Å²) in [5, 5.41) is 5.22. The Hall–Kier alpha value is -3.14. The zero-order valence-electron chi connectivity index (χ0n) is 21.5. The van der Waals surface area contributed by atoms with E-state index in [-0.39, 0.29) is 43.1 Å². The molecule has 2 aliphatic carbocycles. The van der Waals surface area contributed by atoms with Crippen molar-refractivity contribution in [3.8, 4) is 0 Å². The van der Waals surface area contributed by atoms with Gasteiger partial charge in [-0.25, -0.2) is 4.39 Å². The van der Waals surface area contributed by atoms with Crippen molar-refractivity contribution in [1.82, 2.24) is 10.2 Å². The standard InChI is InChI=1S/C28H35F3N4O3/c1-3-22(36)34-25(28(38)35-12-10-18(11-13-35)26(30)31)15(2)19-8-9-21(20(29)14-19)33-27(37)24(32)23(16-4-5-16)17-6-7-17/h3,8-9,14-17,23-25H,1,4-7,10-13,32H2,2H3,(H,33,37)(H,34,36)/t15-,24-,25+/m0/s1. The fourth-order valence-corrected chi connectivity index (χ4v) is 5.43. The summed E-state index contributed by atoms with van der Waals surface area (Å²) >= 11 is 0. The Morgan fingerprint density at radius 1 is 1.11 bits per heavy atom. The number of piperidine rings is 1. The number of benzene rings is 1. The van der Waals surface area contributed by atoms with E-state index in [1.807, 2.05) is 0 Å². The number of carbonyl (C=O) groups excluding carboxylic acids is 3. The molecule has 0 radical (unpaired) electrons. The van der Waals surface area contributed by atoms with Crippen molar-refractivity contribution in [2.24, 2.45) is 23.5 Å². The van der Waals surface area contributed by atoms with E-state index in [1.165, 1.54) is 17.0 Å². The Kier molecular flexibility index (Phi) is 8.60. The molecule has 10 heteroatoms. The second-order valence-electron chi connectivity index (χ2n) is 10.7. The van der Waals surface area contributed by atoms with Crippen LogP contribution in [0.4, 0.5) is 18.9 Å². The van der Waals surface area contributed by atoms with Gasteiger partial charge in [-0.3, -0.25) is 14.4 Å². The van der Waals surface area contributed by atoms with Gasteiger partial charge in [-0.2, -0.15) is 8.78 Å². The Labute approximate surface area is 220 Å². The molecular formula is C28H35F3N4O3. The van der Waals surface area contributed by atoms with Crippen LogP contribution in [-0.4, -0.2) is 47.8 Å². The van der Waals surface area contributed by atoms with Gasteiger partial charge < -0.3 is 21.3 Å². The fourth-order valence-electron chi connectivity index (χ4n) is 5.43. The van der Waals surface area contributed by atoms with Crippen molar-refractivity contribution in [3.05, 3.63) is 53.9 Å². The van der Waals surface area contributed by atoms with Crippen molar-refractivity contribution in [2.45, 2.75) is 63.5 Å². The third kappa shape index (κ3) is 6.46. The molecule has 1 aromatic rings. The van der Waals surface area contributed by atoms with Gasteiger partial charge in [0, 0.05) is 19.0 Å². The second-order valence-corrected chi connectivity index (χ2v) is 10.7. The Morgan fingerprint density at radius 2 is 1.71 bits per heavy atom. The molecule has 0 aromatic heterocycles. The monoisotopic (exact) mass is 532 g/mol. The number of likely N-dealkylation sites (tertiary alicyclic amines) is 1. The summed E-state index contributed by atoms with van der Waals surface area (Å²) in [6, 6.07) is 2.47. The van der Waals surface area contributed by atoms with Gasteiger partial charge in [0.25, 0.3) is 6.08 Å². The van der Waals surface area contributed by atoms with Crippen LogP contribution in [0.15, 0.2) is 42.5 Å². The zero-order valence-corrected chi connectivity index (χ0v) is 21.5. The van der Waals surface area contributed by atoms with E-state index in [0.29, 0.717) is 17.4 Å². The average Bonchev–Trinajstić information content (AvgIpc) is 3.84. The van der Waals surface area contributed by atoms with Gasteiger partial charge in [-0.05, 0) is 85.6 Å². The molecule has 1 saturated heterocycles. The summed E-state index contributed by atoms with van der Waals surface area (Å²) < 4.78 is 41.0. The number of nitrogens with zero attached hydrogens (tertiary/aromatic N) is 1. The number of halogens is 3.